The first-order chi connectivity index (χ1) is 16.7. The Bertz CT molecular complexity index is 1220. The van der Waals surface area contributed by atoms with E-state index in [4.69, 9.17) is 9.47 Å². The van der Waals surface area contributed by atoms with Crippen molar-refractivity contribution in [2.24, 2.45) is 0 Å². The normalized spacial score (nSPS) is 17.9. The molecule has 8 heteroatoms. The average Bonchev–Trinajstić information content (AvgIpc) is 3.34. The third-order valence-corrected chi connectivity index (χ3v) is 8.02. The van der Waals surface area contributed by atoms with Gasteiger partial charge in [-0.15, -0.1) is 0 Å². The molecule has 3 aromatic rings. The molecule has 3 aliphatic rings. The second kappa shape index (κ2) is 8.87. The van der Waals surface area contributed by atoms with Gasteiger partial charge in [0, 0.05) is 32.7 Å². The zero-order valence-corrected chi connectivity index (χ0v) is 19.5. The van der Waals surface area contributed by atoms with E-state index >= 15 is 0 Å². The van der Waals surface area contributed by atoms with Crippen LogP contribution in [0.4, 0.5) is 11.4 Å². The number of fused-ring (bicyclic) bond motifs is 3. The van der Waals surface area contributed by atoms with Gasteiger partial charge in [-0.1, -0.05) is 30.3 Å². The predicted molar refractivity (Wildman–Crippen MR) is 129 cm³/mol. The first-order valence-corrected chi connectivity index (χ1v) is 12.6. The Kier molecular flexibility index (Phi) is 5.57. The third kappa shape index (κ3) is 3.87. The highest BCUT2D eigenvalue weighted by Gasteiger charge is 2.32. The molecule has 0 N–H and O–H groups in total. The molecule has 0 atom stereocenters. The summed E-state index contributed by atoms with van der Waals surface area (Å²) in [6.07, 6.45) is 0. The maximum Gasteiger partial charge on any atom is 0.245 e. The van der Waals surface area contributed by atoms with Gasteiger partial charge in [-0.2, -0.15) is 0 Å². The molecule has 0 aliphatic carbocycles. The SMILES string of the molecule is O=C(CN1CCN(Cc2ccc3c(c2)OCO3)CC1)N1c2ccccc2S(=O)c2ccccc21. The second-order valence-electron chi connectivity index (χ2n) is 8.67. The number of piperazine rings is 1. The van der Waals surface area contributed by atoms with Crippen LogP contribution in [0.15, 0.2) is 76.5 Å². The van der Waals surface area contributed by atoms with E-state index in [1.807, 2.05) is 60.7 Å². The number of ether oxygens (including phenoxy) is 2. The Morgan fingerprint density at radius 2 is 1.41 bits per heavy atom. The highest BCUT2D eigenvalue weighted by atomic mass is 32.2. The molecule has 0 aromatic heterocycles. The van der Waals surface area contributed by atoms with Gasteiger partial charge < -0.3 is 9.47 Å². The van der Waals surface area contributed by atoms with Crippen molar-refractivity contribution < 1.29 is 18.5 Å². The first kappa shape index (κ1) is 21.3. The van der Waals surface area contributed by atoms with E-state index < -0.39 is 10.8 Å². The van der Waals surface area contributed by atoms with Crippen molar-refractivity contribution in [3.63, 3.8) is 0 Å². The van der Waals surface area contributed by atoms with Crippen LogP contribution >= 0.6 is 0 Å². The second-order valence-corrected chi connectivity index (χ2v) is 10.1. The maximum atomic E-state index is 13.5. The molecule has 3 aliphatic heterocycles. The van der Waals surface area contributed by atoms with Crippen molar-refractivity contribution in [1.82, 2.24) is 9.80 Å². The van der Waals surface area contributed by atoms with Crippen LogP contribution < -0.4 is 14.4 Å². The van der Waals surface area contributed by atoms with Crippen LogP contribution in [0.5, 0.6) is 11.5 Å². The predicted octanol–water partition coefficient (Wildman–Crippen LogP) is 3.38. The molecule has 3 heterocycles. The van der Waals surface area contributed by atoms with Gasteiger partial charge in [0.1, 0.15) is 0 Å². The number of benzene rings is 3. The smallest absolute Gasteiger partial charge is 0.245 e. The van der Waals surface area contributed by atoms with Crippen LogP contribution in [-0.2, 0) is 22.1 Å². The third-order valence-electron chi connectivity index (χ3n) is 6.53. The first-order valence-electron chi connectivity index (χ1n) is 11.4. The van der Waals surface area contributed by atoms with E-state index in [0.717, 1.165) is 44.2 Å². The van der Waals surface area contributed by atoms with Gasteiger partial charge in [0.25, 0.3) is 0 Å². The lowest BCUT2D eigenvalue weighted by molar-refractivity contribution is -0.119. The molecule has 174 valence electrons. The molecule has 0 bridgehead atoms. The van der Waals surface area contributed by atoms with Crippen molar-refractivity contribution in [3.05, 3.63) is 72.3 Å². The Morgan fingerprint density at radius 3 is 2.12 bits per heavy atom. The van der Waals surface area contributed by atoms with Gasteiger partial charge in [-0.3, -0.25) is 19.5 Å². The Hall–Kier alpha value is -3.20. The minimum atomic E-state index is -1.29. The van der Waals surface area contributed by atoms with Crippen molar-refractivity contribution in [2.45, 2.75) is 16.3 Å². The molecule has 1 amide bonds. The minimum absolute atomic E-state index is 0.000760. The molecule has 1 fully saturated rings. The zero-order chi connectivity index (χ0) is 23.1. The molecule has 3 aromatic carbocycles. The van der Waals surface area contributed by atoms with Gasteiger partial charge >= 0.3 is 0 Å². The summed E-state index contributed by atoms with van der Waals surface area (Å²) in [5, 5.41) is 0. The van der Waals surface area contributed by atoms with Gasteiger partial charge in [-0.25, -0.2) is 4.21 Å². The number of para-hydroxylation sites is 2. The van der Waals surface area contributed by atoms with Crippen molar-refractivity contribution in [2.75, 3.05) is 44.4 Å². The molecule has 0 saturated carbocycles. The molecule has 34 heavy (non-hydrogen) atoms. The number of hydrogen-bond donors (Lipinski definition) is 0. The van der Waals surface area contributed by atoms with Crippen LogP contribution in [0, 0.1) is 0 Å². The summed E-state index contributed by atoms with van der Waals surface area (Å²) in [5.41, 5.74) is 2.63. The van der Waals surface area contributed by atoms with E-state index in [2.05, 4.69) is 15.9 Å². The van der Waals surface area contributed by atoms with E-state index in [0.29, 0.717) is 27.7 Å². The molecule has 7 nitrogen and oxygen atoms in total. The van der Waals surface area contributed by atoms with Crippen LogP contribution in [0.3, 0.4) is 0 Å². The standard InChI is InChI=1S/C26H25N3O4S/c30-26(29-20-5-1-3-7-24(20)34(31)25-8-4-2-6-21(25)29)17-28-13-11-27(12-14-28)16-19-9-10-22-23(15-19)33-18-32-22/h1-10,15H,11-14,16-18H2. The number of nitrogens with zero attached hydrogens (tertiary/aromatic N) is 3. The number of amides is 1. The number of carbonyl (C=O) groups is 1. The lowest BCUT2D eigenvalue weighted by Gasteiger charge is -2.36. The lowest BCUT2D eigenvalue weighted by Crippen LogP contribution is -2.49. The van der Waals surface area contributed by atoms with Crippen LogP contribution in [0.1, 0.15) is 5.56 Å². The molecular formula is C26H25N3O4S. The topological polar surface area (TPSA) is 62.3 Å². The Morgan fingerprint density at radius 1 is 0.794 bits per heavy atom. The molecule has 0 radical (unpaired) electrons. The molecule has 0 spiro atoms. The van der Waals surface area contributed by atoms with E-state index in [1.165, 1.54) is 5.56 Å². The fourth-order valence-electron chi connectivity index (χ4n) is 4.78. The summed E-state index contributed by atoms with van der Waals surface area (Å²) in [4.78, 5) is 21.2. The molecule has 1 saturated heterocycles. The fraction of sp³-hybridized carbons (Fsp3) is 0.269. The van der Waals surface area contributed by atoms with Gasteiger partial charge in [0.2, 0.25) is 12.7 Å². The summed E-state index contributed by atoms with van der Waals surface area (Å²) < 4.78 is 23.9. The maximum absolute atomic E-state index is 13.5. The van der Waals surface area contributed by atoms with Crippen LogP contribution in [-0.4, -0.2) is 59.4 Å². The summed E-state index contributed by atoms with van der Waals surface area (Å²) in [7, 11) is -1.29. The van der Waals surface area contributed by atoms with Gasteiger partial charge in [-0.05, 0) is 42.0 Å². The summed E-state index contributed by atoms with van der Waals surface area (Å²) in [6.45, 7) is 4.87. The number of carbonyl (C=O) groups excluding carboxylic acids is 1. The summed E-state index contributed by atoms with van der Waals surface area (Å²) in [6, 6.07) is 21.1. The number of hydrogen-bond acceptors (Lipinski definition) is 6. The van der Waals surface area contributed by atoms with E-state index in [1.54, 1.807) is 4.90 Å². The Labute approximate surface area is 200 Å². The van der Waals surface area contributed by atoms with Gasteiger partial charge in [0.05, 0.1) is 38.5 Å². The largest absolute Gasteiger partial charge is 0.454 e. The fourth-order valence-corrected chi connectivity index (χ4v) is 6.12. The molecule has 0 unspecified atom stereocenters. The van der Waals surface area contributed by atoms with Crippen LogP contribution in [0.25, 0.3) is 0 Å². The quantitative estimate of drug-likeness (QED) is 0.577. The van der Waals surface area contributed by atoms with Crippen LogP contribution in [0.2, 0.25) is 0 Å². The summed E-state index contributed by atoms with van der Waals surface area (Å²) >= 11 is 0. The highest BCUT2D eigenvalue weighted by Crippen LogP contribution is 2.41. The Balaban J connectivity index is 1.13. The van der Waals surface area contributed by atoms with Crippen molar-refractivity contribution >= 4 is 28.1 Å². The zero-order valence-electron chi connectivity index (χ0n) is 18.7. The minimum Gasteiger partial charge on any atom is -0.454 e. The van der Waals surface area contributed by atoms with Crippen molar-refractivity contribution in [3.8, 4) is 11.5 Å². The van der Waals surface area contributed by atoms with E-state index in [9.17, 15) is 9.00 Å². The highest BCUT2D eigenvalue weighted by molar-refractivity contribution is 7.85. The van der Waals surface area contributed by atoms with Crippen molar-refractivity contribution in [1.29, 1.82) is 0 Å². The number of rotatable bonds is 4. The molecule has 6 rings (SSSR count). The molecular weight excluding hydrogens is 450 g/mol. The average molecular weight is 476 g/mol. The lowest BCUT2D eigenvalue weighted by atomic mass is 10.1. The van der Waals surface area contributed by atoms with E-state index in [-0.39, 0.29) is 12.7 Å². The monoisotopic (exact) mass is 475 g/mol. The number of anilines is 2. The van der Waals surface area contributed by atoms with Gasteiger partial charge in [0.15, 0.2) is 11.5 Å². The summed E-state index contributed by atoms with van der Waals surface area (Å²) in [5.74, 6) is 1.61.